The van der Waals surface area contributed by atoms with Crippen molar-refractivity contribution in [3.63, 3.8) is 0 Å². The molecule has 21 heavy (non-hydrogen) atoms. The molecule has 0 aromatic heterocycles. The molecule has 0 aromatic rings. The van der Waals surface area contributed by atoms with Crippen LogP contribution in [-0.2, 0) is 14.3 Å². The van der Waals surface area contributed by atoms with Crippen molar-refractivity contribution in [1.29, 1.82) is 0 Å². The van der Waals surface area contributed by atoms with Crippen molar-refractivity contribution < 1.29 is 34.8 Å². The number of esters is 1. The molecule has 0 radical (unpaired) electrons. The predicted molar refractivity (Wildman–Crippen MR) is 76.4 cm³/mol. The molecule has 0 spiro atoms. The fraction of sp³-hybridized carbons (Fsp3) is 0.857. The Kier molecular flexibility index (Phi) is 11.3. The lowest BCUT2D eigenvalue weighted by Gasteiger charge is -2.18. The molecule has 0 bridgehead atoms. The Morgan fingerprint density at radius 2 is 1.14 bits per heavy atom. The maximum absolute atomic E-state index is 10.6. The molecule has 0 unspecified atom stereocenters. The van der Waals surface area contributed by atoms with Crippen molar-refractivity contribution in [1.82, 2.24) is 0 Å². The van der Waals surface area contributed by atoms with E-state index in [-0.39, 0.29) is 17.6 Å². The first-order chi connectivity index (χ1) is 9.47. The first-order valence-electron chi connectivity index (χ1n) is 6.77. The van der Waals surface area contributed by atoms with Gasteiger partial charge in [0.05, 0.1) is 19.3 Å². The molecular weight excluding hydrogens is 280 g/mol. The second-order valence-corrected chi connectivity index (χ2v) is 5.49. The lowest BCUT2D eigenvalue weighted by Crippen LogP contribution is -2.38. The number of aliphatic hydroxyl groups excluding tert-OH is 4. The molecule has 0 heterocycles. The number of hydrogen-bond acceptors (Lipinski definition) is 7. The Hall–Kier alpha value is -1.02. The molecule has 4 N–H and O–H groups in total. The van der Waals surface area contributed by atoms with Gasteiger partial charge in [-0.05, 0) is 18.8 Å². The molecule has 0 aromatic carbocycles. The Morgan fingerprint density at radius 3 is 1.33 bits per heavy atom. The highest BCUT2D eigenvalue weighted by Crippen LogP contribution is 2.07. The van der Waals surface area contributed by atoms with Crippen LogP contribution in [0.3, 0.4) is 0 Å². The summed E-state index contributed by atoms with van der Waals surface area (Å²) >= 11 is 0. The summed E-state index contributed by atoms with van der Waals surface area (Å²) in [5.74, 6) is -1.43. The van der Waals surface area contributed by atoms with Gasteiger partial charge in [-0.2, -0.15) is 0 Å². The standard InChI is InChI=1S/C7H14O4.C7H14O3/c1-4(2)5(8)6(9)7(10)11-3;1-4(2)6(9)7(10)5(3)8/h4-6,8-9H,1-3H3;4,6-7,9-10H,1-3H3/t5-,6+;6-,7-/m11/s1. The maximum atomic E-state index is 10.6. The zero-order valence-electron chi connectivity index (χ0n) is 13.5. The van der Waals surface area contributed by atoms with Crippen molar-refractivity contribution >= 4 is 11.8 Å². The minimum atomic E-state index is -1.43. The Morgan fingerprint density at radius 1 is 0.810 bits per heavy atom. The monoisotopic (exact) mass is 308 g/mol. The summed E-state index contributed by atoms with van der Waals surface area (Å²) in [5, 5.41) is 36.2. The van der Waals surface area contributed by atoms with Crippen molar-refractivity contribution in [2.24, 2.45) is 11.8 Å². The van der Waals surface area contributed by atoms with Gasteiger partial charge < -0.3 is 25.2 Å². The van der Waals surface area contributed by atoms with Crippen LogP contribution in [0.2, 0.25) is 0 Å². The molecule has 4 atom stereocenters. The van der Waals surface area contributed by atoms with E-state index in [9.17, 15) is 9.59 Å². The highest BCUT2D eigenvalue weighted by Gasteiger charge is 2.27. The summed E-state index contributed by atoms with van der Waals surface area (Å²) in [4.78, 5) is 21.1. The number of rotatable bonds is 6. The first kappa shape index (κ1) is 22.3. The summed E-state index contributed by atoms with van der Waals surface area (Å²) in [7, 11) is 1.17. The van der Waals surface area contributed by atoms with Crippen LogP contribution in [-0.4, -0.2) is 63.7 Å². The molecule has 0 aliphatic carbocycles. The predicted octanol–water partition coefficient (Wildman–Crippen LogP) is -0.510. The topological polar surface area (TPSA) is 124 Å². The minimum Gasteiger partial charge on any atom is -0.467 e. The lowest BCUT2D eigenvalue weighted by atomic mass is 10.00. The smallest absolute Gasteiger partial charge is 0.337 e. The molecule has 0 rings (SSSR count). The number of Topliss-reactive ketones (excluding diaryl/α,β-unsaturated/α-hetero) is 1. The van der Waals surface area contributed by atoms with E-state index >= 15 is 0 Å². The number of methoxy groups -OCH3 is 1. The van der Waals surface area contributed by atoms with Gasteiger partial charge in [0.2, 0.25) is 0 Å². The summed E-state index contributed by atoms with van der Waals surface area (Å²) in [6, 6.07) is 0. The quantitative estimate of drug-likeness (QED) is 0.487. The highest BCUT2D eigenvalue weighted by atomic mass is 16.5. The average Bonchev–Trinajstić information content (AvgIpc) is 2.43. The van der Waals surface area contributed by atoms with E-state index in [4.69, 9.17) is 20.4 Å². The first-order valence-corrected chi connectivity index (χ1v) is 6.77. The van der Waals surface area contributed by atoms with Gasteiger partial charge in [0.15, 0.2) is 11.9 Å². The molecule has 0 saturated carbocycles. The van der Waals surface area contributed by atoms with Gasteiger partial charge in [0, 0.05) is 0 Å². The average molecular weight is 308 g/mol. The Bertz CT molecular complexity index is 314. The van der Waals surface area contributed by atoms with E-state index in [1.807, 2.05) is 0 Å². The van der Waals surface area contributed by atoms with Gasteiger partial charge in [-0.3, -0.25) is 4.79 Å². The van der Waals surface area contributed by atoms with Crippen molar-refractivity contribution in [3.05, 3.63) is 0 Å². The molecule has 0 aliphatic rings. The molecule has 126 valence electrons. The van der Waals surface area contributed by atoms with Crippen molar-refractivity contribution in [2.75, 3.05) is 7.11 Å². The number of hydrogen-bond donors (Lipinski definition) is 4. The van der Waals surface area contributed by atoms with Gasteiger partial charge >= 0.3 is 5.97 Å². The van der Waals surface area contributed by atoms with Crippen LogP contribution >= 0.6 is 0 Å². The van der Waals surface area contributed by atoms with Crippen LogP contribution < -0.4 is 0 Å². The zero-order valence-corrected chi connectivity index (χ0v) is 13.5. The Labute approximate surface area is 125 Å². The molecule has 7 heteroatoms. The molecule has 0 amide bonds. The summed E-state index contributed by atoms with van der Waals surface area (Å²) in [6.07, 6.45) is -4.64. The van der Waals surface area contributed by atoms with E-state index in [1.54, 1.807) is 27.7 Å². The van der Waals surface area contributed by atoms with Gasteiger partial charge in [-0.1, -0.05) is 27.7 Å². The van der Waals surface area contributed by atoms with Crippen molar-refractivity contribution in [3.8, 4) is 0 Å². The van der Waals surface area contributed by atoms with E-state index in [0.29, 0.717) is 0 Å². The van der Waals surface area contributed by atoms with Gasteiger partial charge in [-0.25, -0.2) is 4.79 Å². The fourth-order valence-corrected chi connectivity index (χ4v) is 1.23. The molecule has 7 nitrogen and oxygen atoms in total. The fourth-order valence-electron chi connectivity index (χ4n) is 1.23. The highest BCUT2D eigenvalue weighted by molar-refractivity contribution is 5.80. The minimum absolute atomic E-state index is 0.0844. The molecule has 0 aliphatic heterocycles. The number of aliphatic hydroxyl groups is 4. The Balaban J connectivity index is 0. The number of carbonyl (C=O) groups excluding carboxylic acids is 2. The molecular formula is C14H28O7. The van der Waals surface area contributed by atoms with E-state index < -0.39 is 30.4 Å². The van der Waals surface area contributed by atoms with Crippen molar-refractivity contribution in [2.45, 2.75) is 59.0 Å². The van der Waals surface area contributed by atoms with E-state index in [1.165, 1.54) is 14.0 Å². The van der Waals surface area contributed by atoms with E-state index in [2.05, 4.69) is 4.74 Å². The zero-order chi connectivity index (χ0) is 17.3. The van der Waals surface area contributed by atoms with Gasteiger partial charge in [0.1, 0.15) is 6.10 Å². The summed E-state index contributed by atoms with van der Waals surface area (Å²) in [6.45, 7) is 8.16. The molecule has 0 fully saturated rings. The maximum Gasteiger partial charge on any atom is 0.337 e. The lowest BCUT2D eigenvalue weighted by molar-refractivity contribution is -0.158. The van der Waals surface area contributed by atoms with Crippen LogP contribution in [0.1, 0.15) is 34.6 Å². The third kappa shape index (κ3) is 8.77. The van der Waals surface area contributed by atoms with E-state index in [0.717, 1.165) is 0 Å². The second kappa shape index (κ2) is 10.7. The summed E-state index contributed by atoms with van der Waals surface area (Å²) in [5.41, 5.74) is 0. The van der Waals surface area contributed by atoms with Gasteiger partial charge in [0.25, 0.3) is 0 Å². The number of ether oxygens (including phenoxy) is 1. The normalized spacial score (nSPS) is 16.6. The van der Waals surface area contributed by atoms with Crippen LogP contribution in [0, 0.1) is 11.8 Å². The SMILES string of the molecule is CC(=O)[C@@H](O)[C@H](O)C(C)C.COC(=O)[C@@H](O)[C@H](O)C(C)C. The third-order valence-corrected chi connectivity index (χ3v) is 2.87. The third-order valence-electron chi connectivity index (χ3n) is 2.87. The number of ketones is 1. The second-order valence-electron chi connectivity index (χ2n) is 5.49. The van der Waals surface area contributed by atoms with Crippen LogP contribution in [0.25, 0.3) is 0 Å². The largest absolute Gasteiger partial charge is 0.467 e. The van der Waals surface area contributed by atoms with Crippen LogP contribution in [0.5, 0.6) is 0 Å². The number of carbonyl (C=O) groups is 2. The summed E-state index contributed by atoms with van der Waals surface area (Å²) < 4.78 is 4.23. The van der Waals surface area contributed by atoms with Gasteiger partial charge in [-0.15, -0.1) is 0 Å². The van der Waals surface area contributed by atoms with Crippen LogP contribution in [0.4, 0.5) is 0 Å². The molecule has 0 saturated heterocycles. The van der Waals surface area contributed by atoms with Crippen LogP contribution in [0.15, 0.2) is 0 Å².